The first kappa shape index (κ1) is 14.9. The number of piperidine rings is 1. The Morgan fingerprint density at radius 1 is 1.33 bits per heavy atom. The van der Waals surface area contributed by atoms with Crippen LogP contribution >= 0.6 is 0 Å². The highest BCUT2D eigenvalue weighted by molar-refractivity contribution is 5.81. The molecule has 1 heterocycles. The van der Waals surface area contributed by atoms with Crippen LogP contribution in [0.15, 0.2) is 0 Å². The Labute approximate surface area is 108 Å². The van der Waals surface area contributed by atoms with Crippen molar-refractivity contribution in [3.8, 4) is 0 Å². The van der Waals surface area contributed by atoms with Gasteiger partial charge in [0.2, 0.25) is 11.8 Å². The summed E-state index contributed by atoms with van der Waals surface area (Å²) in [4.78, 5) is 24.8. The predicted octanol–water partition coefficient (Wildman–Crippen LogP) is -0.397. The third kappa shape index (κ3) is 4.27. The molecule has 0 radical (unpaired) electrons. The molecule has 1 aliphatic heterocycles. The van der Waals surface area contributed by atoms with Crippen molar-refractivity contribution in [2.24, 2.45) is 11.3 Å². The van der Waals surface area contributed by atoms with Gasteiger partial charge in [-0.15, -0.1) is 0 Å². The molecule has 4 N–H and O–H groups in total. The fourth-order valence-electron chi connectivity index (χ4n) is 2.35. The number of nitrogens with zero attached hydrogens (tertiary/aromatic N) is 1. The van der Waals surface area contributed by atoms with E-state index in [0.717, 1.165) is 25.9 Å². The van der Waals surface area contributed by atoms with Crippen LogP contribution in [0.4, 0.5) is 0 Å². The molecule has 0 unspecified atom stereocenters. The molecule has 1 rings (SSSR count). The normalized spacial score (nSPS) is 18.4. The summed E-state index contributed by atoms with van der Waals surface area (Å²) in [5, 5.41) is 2.93. The Balaban J connectivity index is 2.39. The molecule has 2 amide bonds. The van der Waals surface area contributed by atoms with E-state index >= 15 is 0 Å². The number of carbonyl (C=O) groups excluding carboxylic acids is 2. The third-order valence-electron chi connectivity index (χ3n) is 3.36. The van der Waals surface area contributed by atoms with Crippen LogP contribution in [0.1, 0.15) is 33.6 Å². The lowest BCUT2D eigenvalue weighted by Gasteiger charge is -2.36. The third-order valence-corrected chi connectivity index (χ3v) is 3.36. The van der Waals surface area contributed by atoms with E-state index in [0.29, 0.717) is 6.54 Å². The first-order chi connectivity index (χ1) is 8.35. The fraction of sp³-hybridized carbons (Fsp3) is 0.833. The maximum Gasteiger partial charge on any atom is 0.240 e. The first-order valence-electron chi connectivity index (χ1n) is 6.35. The molecule has 0 aromatic heterocycles. The molecular weight excluding hydrogens is 232 g/mol. The van der Waals surface area contributed by atoms with Crippen molar-refractivity contribution in [1.29, 1.82) is 0 Å². The van der Waals surface area contributed by atoms with Crippen molar-refractivity contribution in [2.75, 3.05) is 19.6 Å². The van der Waals surface area contributed by atoms with Crippen molar-refractivity contribution in [3.05, 3.63) is 0 Å². The van der Waals surface area contributed by atoms with Crippen LogP contribution in [0, 0.1) is 5.41 Å². The Morgan fingerprint density at radius 3 is 2.33 bits per heavy atom. The van der Waals surface area contributed by atoms with Crippen LogP contribution in [-0.4, -0.2) is 42.4 Å². The number of hydrogen-bond donors (Lipinski definition) is 3. The van der Waals surface area contributed by atoms with Gasteiger partial charge in [-0.1, -0.05) is 0 Å². The molecule has 6 nitrogen and oxygen atoms in total. The molecule has 0 atom stereocenters. The van der Waals surface area contributed by atoms with Crippen LogP contribution in [-0.2, 0) is 9.59 Å². The molecule has 0 aromatic carbocycles. The van der Waals surface area contributed by atoms with Crippen LogP contribution < -0.4 is 16.6 Å². The first-order valence-corrected chi connectivity index (χ1v) is 6.35. The average Bonchev–Trinajstić information content (AvgIpc) is 2.29. The van der Waals surface area contributed by atoms with E-state index in [1.807, 2.05) is 13.8 Å². The van der Waals surface area contributed by atoms with E-state index in [1.54, 1.807) is 6.92 Å². The van der Waals surface area contributed by atoms with E-state index < -0.39 is 5.41 Å². The van der Waals surface area contributed by atoms with Gasteiger partial charge in [0.1, 0.15) is 0 Å². The Hall–Kier alpha value is -1.14. The van der Waals surface area contributed by atoms with Crippen LogP contribution in [0.2, 0.25) is 0 Å². The summed E-state index contributed by atoms with van der Waals surface area (Å²) in [7, 11) is 0. The number of hydrogen-bond acceptors (Lipinski definition) is 4. The Kier molecular flexibility index (Phi) is 5.10. The standard InChI is InChI=1S/C12H24N4O2/c1-9(17)14-10-4-6-16(7-5-10)8-12(2,3)11(18)15-13/h10H,4-8,13H2,1-3H3,(H,14,17)(H,15,18). The van der Waals surface area contributed by atoms with Crippen molar-refractivity contribution in [1.82, 2.24) is 15.6 Å². The molecule has 1 fully saturated rings. The highest BCUT2D eigenvalue weighted by atomic mass is 16.2. The number of rotatable bonds is 4. The summed E-state index contributed by atoms with van der Waals surface area (Å²) in [6.07, 6.45) is 1.86. The fourth-order valence-corrected chi connectivity index (χ4v) is 2.35. The lowest BCUT2D eigenvalue weighted by molar-refractivity contribution is -0.130. The van der Waals surface area contributed by atoms with Gasteiger partial charge in [-0.05, 0) is 26.7 Å². The highest BCUT2D eigenvalue weighted by Gasteiger charge is 2.31. The molecule has 0 saturated carbocycles. The zero-order chi connectivity index (χ0) is 13.8. The molecule has 1 aliphatic rings. The zero-order valence-electron chi connectivity index (χ0n) is 11.5. The largest absolute Gasteiger partial charge is 0.354 e. The lowest BCUT2D eigenvalue weighted by Crippen LogP contribution is -2.51. The van der Waals surface area contributed by atoms with E-state index in [1.165, 1.54) is 0 Å². The van der Waals surface area contributed by atoms with Gasteiger partial charge in [-0.25, -0.2) is 5.84 Å². The minimum Gasteiger partial charge on any atom is -0.354 e. The molecule has 104 valence electrons. The number of likely N-dealkylation sites (tertiary alicyclic amines) is 1. The molecule has 0 spiro atoms. The van der Waals surface area contributed by atoms with Gasteiger partial charge in [0.05, 0.1) is 5.41 Å². The van der Waals surface area contributed by atoms with Gasteiger partial charge in [0.15, 0.2) is 0 Å². The monoisotopic (exact) mass is 256 g/mol. The van der Waals surface area contributed by atoms with Crippen molar-refractivity contribution < 1.29 is 9.59 Å². The summed E-state index contributed by atoms with van der Waals surface area (Å²) < 4.78 is 0. The van der Waals surface area contributed by atoms with Crippen LogP contribution in [0.25, 0.3) is 0 Å². The topological polar surface area (TPSA) is 87.5 Å². The second-order valence-corrected chi connectivity index (χ2v) is 5.61. The van der Waals surface area contributed by atoms with Gasteiger partial charge in [-0.3, -0.25) is 15.0 Å². The maximum atomic E-state index is 11.6. The molecule has 0 aliphatic carbocycles. The summed E-state index contributed by atoms with van der Waals surface area (Å²) in [5.41, 5.74) is 1.72. The van der Waals surface area contributed by atoms with E-state index in [-0.39, 0.29) is 17.9 Å². The minimum atomic E-state index is -0.490. The Bertz CT molecular complexity index is 309. The number of amides is 2. The molecule has 18 heavy (non-hydrogen) atoms. The average molecular weight is 256 g/mol. The second kappa shape index (κ2) is 6.15. The van der Waals surface area contributed by atoms with Crippen molar-refractivity contribution >= 4 is 11.8 Å². The van der Waals surface area contributed by atoms with Crippen LogP contribution in [0.3, 0.4) is 0 Å². The number of carbonyl (C=O) groups is 2. The quantitative estimate of drug-likeness (QED) is 0.363. The van der Waals surface area contributed by atoms with Crippen LogP contribution in [0.5, 0.6) is 0 Å². The van der Waals surface area contributed by atoms with Gasteiger partial charge in [0, 0.05) is 32.6 Å². The number of nitrogens with one attached hydrogen (secondary N) is 2. The van der Waals surface area contributed by atoms with Gasteiger partial charge < -0.3 is 10.2 Å². The van der Waals surface area contributed by atoms with E-state index in [2.05, 4.69) is 15.6 Å². The minimum absolute atomic E-state index is 0.0243. The van der Waals surface area contributed by atoms with E-state index in [4.69, 9.17) is 5.84 Å². The summed E-state index contributed by atoms with van der Waals surface area (Å²) >= 11 is 0. The number of hydrazine groups is 1. The van der Waals surface area contributed by atoms with Gasteiger partial charge in [-0.2, -0.15) is 0 Å². The van der Waals surface area contributed by atoms with Gasteiger partial charge in [0.25, 0.3) is 0 Å². The van der Waals surface area contributed by atoms with Crippen molar-refractivity contribution in [2.45, 2.75) is 39.7 Å². The second-order valence-electron chi connectivity index (χ2n) is 5.61. The maximum absolute atomic E-state index is 11.6. The molecule has 6 heteroatoms. The summed E-state index contributed by atoms with van der Waals surface area (Å²) in [5.74, 6) is 5.05. The zero-order valence-corrected chi connectivity index (χ0v) is 11.5. The summed E-state index contributed by atoms with van der Waals surface area (Å²) in [6.45, 7) is 7.78. The molecule has 0 bridgehead atoms. The smallest absolute Gasteiger partial charge is 0.240 e. The highest BCUT2D eigenvalue weighted by Crippen LogP contribution is 2.20. The summed E-state index contributed by atoms with van der Waals surface area (Å²) in [6, 6.07) is 0.269. The molecular formula is C12H24N4O2. The SMILES string of the molecule is CC(=O)NC1CCN(CC(C)(C)C(=O)NN)CC1. The number of nitrogens with two attached hydrogens (primary N) is 1. The Morgan fingerprint density at radius 2 is 1.89 bits per heavy atom. The predicted molar refractivity (Wildman–Crippen MR) is 69.4 cm³/mol. The molecule has 0 aromatic rings. The van der Waals surface area contributed by atoms with Crippen molar-refractivity contribution in [3.63, 3.8) is 0 Å². The van der Waals surface area contributed by atoms with E-state index in [9.17, 15) is 9.59 Å². The lowest BCUT2D eigenvalue weighted by atomic mass is 9.90. The van der Waals surface area contributed by atoms with Gasteiger partial charge >= 0.3 is 0 Å². The molecule has 1 saturated heterocycles.